The minimum absolute atomic E-state index is 0.0655. The van der Waals surface area contributed by atoms with E-state index in [0.29, 0.717) is 42.3 Å². The van der Waals surface area contributed by atoms with E-state index in [1.807, 2.05) is 69.3 Å². The third-order valence-electron chi connectivity index (χ3n) is 7.05. The molecule has 1 aliphatic heterocycles. The van der Waals surface area contributed by atoms with Gasteiger partial charge >= 0.3 is 0 Å². The smallest absolute Gasteiger partial charge is 0.258 e. The largest absolute Gasteiger partial charge is 0.396 e. The Morgan fingerprint density at radius 2 is 1.85 bits per heavy atom. The third-order valence-corrected chi connectivity index (χ3v) is 7.05. The van der Waals surface area contributed by atoms with Crippen LogP contribution in [0.5, 0.6) is 0 Å². The summed E-state index contributed by atoms with van der Waals surface area (Å²) in [4.78, 5) is 30.7. The average Bonchev–Trinajstić information content (AvgIpc) is 3.54. The standard InChI is InChI=1S/C30H34N6O3/c1-5-9-26-24(28(39)35(17-30(3,4)18-37)29-31-19(2)34-36(26)29)15-20-12-13-22(21-10-7-6-8-11-21)23(14-20)25-16-27(38)33-32-25/h6-8,10-14,37H,5,9,15-18H2,1-4H3,(H,33,38). The Balaban J connectivity index is 1.67. The van der Waals surface area contributed by atoms with Gasteiger partial charge in [-0.25, -0.2) is 9.94 Å². The lowest BCUT2D eigenvalue weighted by atomic mass is 9.91. The Hall–Kier alpha value is -4.11. The summed E-state index contributed by atoms with van der Waals surface area (Å²) in [6.07, 6.45) is 2.11. The number of nitrogens with one attached hydrogen (secondary N) is 1. The Kier molecular flexibility index (Phi) is 7.18. The maximum absolute atomic E-state index is 14.1. The maximum atomic E-state index is 14.1. The number of carbonyl (C=O) groups is 1. The first kappa shape index (κ1) is 26.5. The molecule has 1 aliphatic rings. The Morgan fingerprint density at radius 3 is 2.51 bits per heavy atom. The quantitative estimate of drug-likeness (QED) is 0.346. The summed E-state index contributed by atoms with van der Waals surface area (Å²) in [7, 11) is 0. The third kappa shape index (κ3) is 5.27. The molecule has 2 aromatic carbocycles. The zero-order valence-corrected chi connectivity index (χ0v) is 22.9. The number of hydrogen-bond acceptors (Lipinski definition) is 6. The molecule has 1 amide bonds. The van der Waals surface area contributed by atoms with Crippen molar-refractivity contribution in [2.24, 2.45) is 10.5 Å². The summed E-state index contributed by atoms with van der Waals surface area (Å²) < 4.78 is 3.44. The average molecular weight is 527 g/mol. The second-order valence-corrected chi connectivity index (χ2v) is 11.0. The normalized spacial score (nSPS) is 13.7. The minimum Gasteiger partial charge on any atom is -0.396 e. The van der Waals surface area contributed by atoms with E-state index < -0.39 is 5.41 Å². The van der Waals surface area contributed by atoms with E-state index in [9.17, 15) is 14.7 Å². The van der Waals surface area contributed by atoms with Crippen molar-refractivity contribution in [3.8, 4) is 11.1 Å². The van der Waals surface area contributed by atoms with Crippen LogP contribution in [0.3, 0.4) is 0 Å². The van der Waals surface area contributed by atoms with Crippen LogP contribution in [-0.2, 0) is 24.2 Å². The zero-order chi connectivity index (χ0) is 27.7. The van der Waals surface area contributed by atoms with Gasteiger partial charge in [-0.3, -0.25) is 14.2 Å². The van der Waals surface area contributed by atoms with Gasteiger partial charge in [0.15, 0.2) is 0 Å². The van der Waals surface area contributed by atoms with Gasteiger partial charge < -0.3 is 5.11 Å². The summed E-state index contributed by atoms with van der Waals surface area (Å²) in [5.41, 5.74) is 7.92. The van der Waals surface area contributed by atoms with Crippen LogP contribution in [0.15, 0.2) is 58.4 Å². The number of fused-ring (bicyclic) bond motifs is 1. The lowest BCUT2D eigenvalue weighted by molar-refractivity contribution is -0.119. The molecule has 0 bridgehead atoms. The van der Waals surface area contributed by atoms with Crippen LogP contribution in [0.2, 0.25) is 0 Å². The number of amides is 1. The number of aliphatic hydroxyl groups excluding tert-OH is 1. The highest BCUT2D eigenvalue weighted by atomic mass is 16.3. The van der Waals surface area contributed by atoms with E-state index in [0.717, 1.165) is 34.4 Å². The summed E-state index contributed by atoms with van der Waals surface area (Å²) in [6.45, 7) is 7.99. The van der Waals surface area contributed by atoms with Crippen LogP contribution in [-0.4, -0.2) is 42.5 Å². The molecule has 0 radical (unpaired) electrons. The first-order valence-electron chi connectivity index (χ1n) is 13.3. The first-order chi connectivity index (χ1) is 18.7. The van der Waals surface area contributed by atoms with Crippen LogP contribution in [0, 0.1) is 12.3 Å². The highest BCUT2D eigenvalue weighted by molar-refractivity contribution is 6.16. The van der Waals surface area contributed by atoms with E-state index in [1.54, 1.807) is 9.08 Å². The van der Waals surface area contributed by atoms with Crippen molar-refractivity contribution in [3.63, 3.8) is 0 Å². The first-order valence-corrected chi connectivity index (χ1v) is 13.3. The lowest BCUT2D eigenvalue weighted by Crippen LogP contribution is -2.35. The number of carbonyl (C=O) groups excluding carboxylic acids is 1. The lowest BCUT2D eigenvalue weighted by Gasteiger charge is -2.24. The zero-order valence-electron chi connectivity index (χ0n) is 22.9. The monoisotopic (exact) mass is 526 g/mol. The van der Waals surface area contributed by atoms with Gasteiger partial charge in [0.2, 0.25) is 11.7 Å². The van der Waals surface area contributed by atoms with Crippen molar-refractivity contribution in [3.05, 3.63) is 87.1 Å². The van der Waals surface area contributed by atoms with Gasteiger partial charge in [0.05, 0.1) is 17.8 Å². The molecule has 0 fully saturated rings. The molecule has 2 N–H and O–H groups in total. The van der Waals surface area contributed by atoms with Gasteiger partial charge in [-0.2, -0.15) is 15.2 Å². The van der Waals surface area contributed by atoms with Crippen molar-refractivity contribution in [1.29, 1.82) is 0 Å². The van der Waals surface area contributed by atoms with Crippen LogP contribution in [0.4, 0.5) is 0 Å². The molecule has 5 rings (SSSR count). The van der Waals surface area contributed by atoms with Gasteiger partial charge in [0.1, 0.15) is 5.82 Å². The molecule has 3 heterocycles. The topological polar surface area (TPSA) is 114 Å². The molecular formula is C30H34N6O3. The second-order valence-electron chi connectivity index (χ2n) is 11.0. The SMILES string of the molecule is CCCc1c(Cc2ccc(-c3ccccc3)c(C3=NNC(=O)C3)c2)c(=O)n(CC(C)(C)CO)c2nc(C)nn12. The number of aryl methyl sites for hydroxylation is 2. The van der Waals surface area contributed by atoms with Crippen molar-refractivity contribution in [2.45, 2.75) is 59.9 Å². The fourth-order valence-corrected chi connectivity index (χ4v) is 5.09. The summed E-state index contributed by atoms with van der Waals surface area (Å²) in [5, 5.41) is 18.9. The van der Waals surface area contributed by atoms with Crippen molar-refractivity contribution in [2.75, 3.05) is 6.61 Å². The molecule has 0 atom stereocenters. The van der Waals surface area contributed by atoms with Gasteiger partial charge in [-0.1, -0.05) is 69.7 Å². The molecule has 9 nitrogen and oxygen atoms in total. The molecule has 0 unspecified atom stereocenters. The van der Waals surface area contributed by atoms with E-state index in [-0.39, 0.29) is 24.5 Å². The van der Waals surface area contributed by atoms with Crippen molar-refractivity contribution < 1.29 is 9.90 Å². The van der Waals surface area contributed by atoms with E-state index >= 15 is 0 Å². The van der Waals surface area contributed by atoms with Crippen molar-refractivity contribution >= 4 is 17.4 Å². The van der Waals surface area contributed by atoms with Crippen LogP contribution >= 0.6 is 0 Å². The molecule has 202 valence electrons. The van der Waals surface area contributed by atoms with E-state index in [2.05, 4.69) is 27.5 Å². The number of hydrogen-bond donors (Lipinski definition) is 2. The Bertz CT molecular complexity index is 1630. The van der Waals surface area contributed by atoms with Gasteiger partial charge in [-0.05, 0) is 36.1 Å². The molecule has 9 heteroatoms. The number of hydrazone groups is 1. The van der Waals surface area contributed by atoms with Gasteiger partial charge in [0.25, 0.3) is 5.56 Å². The van der Waals surface area contributed by atoms with Crippen LogP contribution < -0.4 is 11.0 Å². The van der Waals surface area contributed by atoms with Gasteiger partial charge in [-0.15, -0.1) is 0 Å². The van der Waals surface area contributed by atoms with Crippen LogP contribution in [0.25, 0.3) is 16.9 Å². The molecular weight excluding hydrogens is 492 g/mol. The number of aliphatic hydroxyl groups is 1. The predicted molar refractivity (Wildman–Crippen MR) is 151 cm³/mol. The molecule has 39 heavy (non-hydrogen) atoms. The maximum Gasteiger partial charge on any atom is 0.258 e. The highest BCUT2D eigenvalue weighted by Gasteiger charge is 2.26. The number of aromatic nitrogens is 4. The predicted octanol–water partition coefficient (Wildman–Crippen LogP) is 3.65. The molecule has 0 aliphatic carbocycles. The van der Waals surface area contributed by atoms with E-state index in [4.69, 9.17) is 0 Å². The number of rotatable bonds is 9. The fourth-order valence-electron chi connectivity index (χ4n) is 5.09. The molecule has 2 aromatic heterocycles. The summed E-state index contributed by atoms with van der Waals surface area (Å²) in [6, 6.07) is 16.1. The highest BCUT2D eigenvalue weighted by Crippen LogP contribution is 2.28. The molecule has 0 saturated carbocycles. The van der Waals surface area contributed by atoms with Crippen LogP contribution in [0.1, 0.15) is 61.8 Å². The molecule has 0 saturated heterocycles. The van der Waals surface area contributed by atoms with Gasteiger partial charge in [0, 0.05) is 36.1 Å². The Morgan fingerprint density at radius 1 is 1.08 bits per heavy atom. The Labute approximate surface area is 227 Å². The number of nitrogens with zero attached hydrogens (tertiary/aromatic N) is 5. The van der Waals surface area contributed by atoms with E-state index in [1.165, 1.54) is 0 Å². The fraction of sp³-hybridized carbons (Fsp3) is 0.367. The molecule has 4 aromatic rings. The van der Waals surface area contributed by atoms with Crippen molar-refractivity contribution in [1.82, 2.24) is 24.6 Å². The summed E-state index contributed by atoms with van der Waals surface area (Å²) >= 11 is 0. The molecule has 0 spiro atoms. The number of benzene rings is 2. The second kappa shape index (κ2) is 10.6. The minimum atomic E-state index is -0.516. The summed E-state index contributed by atoms with van der Waals surface area (Å²) in [5.74, 6) is 0.947.